The number of ether oxygens (including phenoxy) is 1. The Morgan fingerprint density at radius 1 is 1.53 bits per heavy atom. The Morgan fingerprint density at radius 2 is 2.40 bits per heavy atom. The van der Waals surface area contributed by atoms with Crippen molar-refractivity contribution in [2.24, 2.45) is 0 Å². The summed E-state index contributed by atoms with van der Waals surface area (Å²) in [6.45, 7) is 3.64. The molecule has 0 amide bonds. The largest absolute Gasteiger partial charge is 0.383 e. The number of nitrogens with zero attached hydrogens (tertiary/aromatic N) is 1. The molecule has 0 saturated heterocycles. The smallest absolute Gasteiger partial charge is 0.0637 e. The monoisotopic (exact) mass is 226 g/mol. The lowest BCUT2D eigenvalue weighted by molar-refractivity contribution is 0.205. The van der Waals surface area contributed by atoms with Gasteiger partial charge in [-0.05, 0) is 18.2 Å². The van der Waals surface area contributed by atoms with E-state index in [0.717, 1.165) is 37.0 Å². The van der Waals surface area contributed by atoms with Crippen LogP contribution in [0.5, 0.6) is 0 Å². The van der Waals surface area contributed by atoms with Crippen molar-refractivity contribution in [1.29, 1.82) is 0 Å². The Hall–Kier alpha value is -0.930. The summed E-state index contributed by atoms with van der Waals surface area (Å²) in [5, 5.41) is 4.12. The first-order chi connectivity index (χ1) is 7.31. The van der Waals surface area contributed by atoms with Gasteiger partial charge in [0.25, 0.3) is 0 Å². The highest BCUT2D eigenvalue weighted by Crippen LogP contribution is 2.31. The van der Waals surface area contributed by atoms with E-state index in [1.54, 1.807) is 7.11 Å². The van der Waals surface area contributed by atoms with Crippen LogP contribution in [0.3, 0.4) is 0 Å². The van der Waals surface area contributed by atoms with Crippen LogP contribution in [-0.4, -0.2) is 33.4 Å². The molecule has 2 rings (SSSR count). The highest BCUT2D eigenvalue weighted by Gasteiger charge is 2.15. The standard InChI is InChI=1S/C11H15ClN2O/c1-15-7-6-14-5-4-13-10-8-9(12)2-3-11(10)14/h2-3,8,13H,4-7H2,1H3. The third-order valence-electron chi connectivity index (χ3n) is 2.56. The number of methoxy groups -OCH3 is 1. The minimum atomic E-state index is 0.752. The molecule has 0 atom stereocenters. The van der Waals surface area contributed by atoms with Crippen LogP contribution in [0.25, 0.3) is 0 Å². The molecule has 0 aliphatic carbocycles. The molecule has 4 heteroatoms. The Kier molecular flexibility index (Phi) is 3.34. The minimum absolute atomic E-state index is 0.752. The molecule has 0 unspecified atom stereocenters. The quantitative estimate of drug-likeness (QED) is 0.856. The number of nitrogens with one attached hydrogen (secondary N) is 1. The summed E-state index contributed by atoms with van der Waals surface area (Å²) in [6, 6.07) is 5.95. The van der Waals surface area contributed by atoms with Gasteiger partial charge in [-0.1, -0.05) is 11.6 Å². The molecule has 1 heterocycles. The average Bonchev–Trinajstić information content (AvgIpc) is 2.25. The normalized spacial score (nSPS) is 14.7. The van der Waals surface area contributed by atoms with Crippen molar-refractivity contribution in [2.45, 2.75) is 0 Å². The number of rotatable bonds is 3. The van der Waals surface area contributed by atoms with Crippen LogP contribution < -0.4 is 10.2 Å². The summed E-state index contributed by atoms with van der Waals surface area (Å²) in [5.41, 5.74) is 2.33. The van der Waals surface area contributed by atoms with E-state index in [0.29, 0.717) is 0 Å². The molecular formula is C11H15ClN2O. The van der Waals surface area contributed by atoms with E-state index >= 15 is 0 Å². The molecule has 15 heavy (non-hydrogen) atoms. The maximum atomic E-state index is 5.95. The molecule has 0 spiro atoms. The second-order valence-corrected chi connectivity index (χ2v) is 4.00. The molecule has 0 saturated carbocycles. The lowest BCUT2D eigenvalue weighted by Gasteiger charge is -2.31. The van der Waals surface area contributed by atoms with Crippen molar-refractivity contribution in [1.82, 2.24) is 0 Å². The van der Waals surface area contributed by atoms with Crippen LogP contribution in [0.4, 0.5) is 11.4 Å². The lowest BCUT2D eigenvalue weighted by atomic mass is 10.2. The molecule has 82 valence electrons. The third-order valence-corrected chi connectivity index (χ3v) is 2.80. The Balaban J connectivity index is 2.18. The SMILES string of the molecule is COCCN1CCNc2cc(Cl)ccc21. The fourth-order valence-corrected chi connectivity index (χ4v) is 1.98. The van der Waals surface area contributed by atoms with Crippen LogP contribution in [0.2, 0.25) is 5.02 Å². The van der Waals surface area contributed by atoms with Gasteiger partial charge >= 0.3 is 0 Å². The molecule has 1 aromatic rings. The van der Waals surface area contributed by atoms with Crippen LogP contribution in [0.15, 0.2) is 18.2 Å². The number of benzene rings is 1. The molecule has 3 nitrogen and oxygen atoms in total. The molecule has 1 N–H and O–H groups in total. The zero-order chi connectivity index (χ0) is 10.7. The van der Waals surface area contributed by atoms with Gasteiger partial charge in [-0.3, -0.25) is 0 Å². The van der Waals surface area contributed by atoms with Crippen molar-refractivity contribution in [3.63, 3.8) is 0 Å². The Morgan fingerprint density at radius 3 is 3.20 bits per heavy atom. The topological polar surface area (TPSA) is 24.5 Å². The van der Waals surface area contributed by atoms with E-state index in [1.807, 2.05) is 12.1 Å². The number of anilines is 2. The van der Waals surface area contributed by atoms with Crippen molar-refractivity contribution < 1.29 is 4.74 Å². The van der Waals surface area contributed by atoms with Gasteiger partial charge in [-0.2, -0.15) is 0 Å². The van der Waals surface area contributed by atoms with E-state index < -0.39 is 0 Å². The molecule has 1 aromatic carbocycles. The van der Waals surface area contributed by atoms with Gasteiger partial charge in [-0.15, -0.1) is 0 Å². The first kappa shape index (κ1) is 10.6. The lowest BCUT2D eigenvalue weighted by Crippen LogP contribution is -2.36. The van der Waals surface area contributed by atoms with Gasteiger partial charge < -0.3 is 15.0 Å². The first-order valence-electron chi connectivity index (χ1n) is 5.08. The van der Waals surface area contributed by atoms with Crippen LogP contribution >= 0.6 is 11.6 Å². The number of fused-ring (bicyclic) bond motifs is 1. The second kappa shape index (κ2) is 4.73. The summed E-state index contributed by atoms with van der Waals surface area (Å²) >= 11 is 5.95. The maximum absolute atomic E-state index is 5.95. The minimum Gasteiger partial charge on any atom is -0.383 e. The van der Waals surface area contributed by atoms with E-state index in [9.17, 15) is 0 Å². The third kappa shape index (κ3) is 2.36. The molecule has 0 bridgehead atoms. The van der Waals surface area contributed by atoms with Crippen molar-refractivity contribution in [2.75, 3.05) is 43.6 Å². The van der Waals surface area contributed by atoms with Gasteiger partial charge in [0.05, 0.1) is 18.0 Å². The van der Waals surface area contributed by atoms with Crippen molar-refractivity contribution in [3.8, 4) is 0 Å². The summed E-state index contributed by atoms with van der Waals surface area (Å²) in [4.78, 5) is 2.31. The van der Waals surface area contributed by atoms with Crippen LogP contribution in [0, 0.1) is 0 Å². The average molecular weight is 227 g/mol. The summed E-state index contributed by atoms with van der Waals surface area (Å²) in [6.07, 6.45) is 0. The zero-order valence-corrected chi connectivity index (χ0v) is 9.55. The Bertz CT molecular complexity index is 343. The first-order valence-corrected chi connectivity index (χ1v) is 5.46. The molecular weight excluding hydrogens is 212 g/mol. The van der Waals surface area contributed by atoms with Crippen LogP contribution in [0.1, 0.15) is 0 Å². The van der Waals surface area contributed by atoms with Crippen molar-refractivity contribution >= 4 is 23.0 Å². The van der Waals surface area contributed by atoms with Gasteiger partial charge in [0.1, 0.15) is 0 Å². The van der Waals surface area contributed by atoms with Gasteiger partial charge in [-0.25, -0.2) is 0 Å². The van der Waals surface area contributed by atoms with Crippen molar-refractivity contribution in [3.05, 3.63) is 23.2 Å². The summed E-state index contributed by atoms with van der Waals surface area (Å²) in [7, 11) is 1.73. The van der Waals surface area contributed by atoms with Gasteiger partial charge in [0, 0.05) is 31.8 Å². The van der Waals surface area contributed by atoms with E-state index in [2.05, 4.69) is 16.3 Å². The highest BCUT2D eigenvalue weighted by atomic mass is 35.5. The maximum Gasteiger partial charge on any atom is 0.0637 e. The predicted molar refractivity (Wildman–Crippen MR) is 64.0 cm³/mol. The van der Waals surface area contributed by atoms with Gasteiger partial charge in [0.15, 0.2) is 0 Å². The fraction of sp³-hybridized carbons (Fsp3) is 0.455. The number of hydrogen-bond acceptors (Lipinski definition) is 3. The van der Waals surface area contributed by atoms with Crippen LogP contribution in [-0.2, 0) is 4.74 Å². The Labute approximate surface area is 95.0 Å². The second-order valence-electron chi connectivity index (χ2n) is 3.57. The zero-order valence-electron chi connectivity index (χ0n) is 8.79. The molecule has 0 fully saturated rings. The molecule has 0 aromatic heterocycles. The predicted octanol–water partition coefficient (Wildman–Crippen LogP) is 2.22. The molecule has 1 aliphatic heterocycles. The number of hydrogen-bond donors (Lipinski definition) is 1. The summed E-state index contributed by atoms with van der Waals surface area (Å²) < 4.78 is 5.10. The number of halogens is 1. The van der Waals surface area contributed by atoms with E-state index in [-0.39, 0.29) is 0 Å². The fourth-order valence-electron chi connectivity index (χ4n) is 1.81. The molecule has 0 radical (unpaired) electrons. The summed E-state index contributed by atoms with van der Waals surface area (Å²) in [5.74, 6) is 0. The molecule has 1 aliphatic rings. The highest BCUT2D eigenvalue weighted by molar-refractivity contribution is 6.31. The van der Waals surface area contributed by atoms with E-state index in [4.69, 9.17) is 16.3 Å². The van der Waals surface area contributed by atoms with E-state index in [1.165, 1.54) is 5.69 Å². The van der Waals surface area contributed by atoms with Gasteiger partial charge in [0.2, 0.25) is 0 Å².